The summed E-state index contributed by atoms with van der Waals surface area (Å²) in [6.45, 7) is 5.87. The van der Waals surface area contributed by atoms with Crippen molar-refractivity contribution >= 4 is 39.3 Å². The largest absolute Gasteiger partial charge is 0.493 e. The van der Waals surface area contributed by atoms with Crippen LogP contribution in [-0.2, 0) is 34.4 Å². The number of anilines is 1. The highest BCUT2D eigenvalue weighted by molar-refractivity contribution is 7.90. The minimum atomic E-state index is -4.26. The van der Waals surface area contributed by atoms with Crippen molar-refractivity contribution in [3.8, 4) is 11.5 Å². The van der Waals surface area contributed by atoms with E-state index in [0.29, 0.717) is 68.0 Å². The summed E-state index contributed by atoms with van der Waals surface area (Å²) in [7, 11) is -2.63. The zero-order chi connectivity index (χ0) is 34.6. The third-order valence-corrected chi connectivity index (χ3v) is 12.2. The second-order valence-electron chi connectivity index (χ2n) is 14.1. The average molecular weight is 716 g/mol. The lowest BCUT2D eigenvalue weighted by molar-refractivity contribution is -0.139. The maximum atomic E-state index is 13.6. The summed E-state index contributed by atoms with van der Waals surface area (Å²) >= 11 is 6.35. The highest BCUT2D eigenvalue weighted by Gasteiger charge is 2.46. The summed E-state index contributed by atoms with van der Waals surface area (Å²) in [4.78, 5) is 30.2. The van der Waals surface area contributed by atoms with Crippen molar-refractivity contribution in [1.82, 2.24) is 9.62 Å². The summed E-state index contributed by atoms with van der Waals surface area (Å²) in [5, 5.41) is 0.575. The molecule has 0 unspecified atom stereocenters. The van der Waals surface area contributed by atoms with Gasteiger partial charge in [-0.15, -0.1) is 0 Å². The molecule has 1 saturated carbocycles. The number of likely N-dealkylation sites (tertiary alicyclic amines) is 1. The number of hydrogen-bond acceptors (Lipinski definition) is 10. The number of methoxy groups -OCH3 is 1. The molecule has 1 N–H and O–H groups in total. The fraction of sp³-hybridized carbons (Fsp3) is 0.543. The van der Waals surface area contributed by atoms with Crippen molar-refractivity contribution in [2.45, 2.75) is 61.2 Å². The number of nitrogens with one attached hydrogen (secondary N) is 1. The summed E-state index contributed by atoms with van der Waals surface area (Å²) in [6, 6.07) is 10.3. The van der Waals surface area contributed by atoms with Crippen LogP contribution in [0.4, 0.5) is 10.5 Å². The Morgan fingerprint density at radius 2 is 1.88 bits per heavy atom. The lowest BCUT2D eigenvalue weighted by Crippen LogP contribution is -2.56. The number of sulfonamides is 1. The molecule has 2 fully saturated rings. The maximum absolute atomic E-state index is 13.6. The molecule has 14 heteroatoms. The van der Waals surface area contributed by atoms with Gasteiger partial charge in [0.15, 0.2) is 0 Å². The molecular formula is C35H42ClN3O9S. The van der Waals surface area contributed by atoms with E-state index in [-0.39, 0.29) is 29.4 Å². The number of benzene rings is 2. The molecule has 2 amide bonds. The van der Waals surface area contributed by atoms with Crippen molar-refractivity contribution in [2.75, 3.05) is 58.0 Å². The minimum Gasteiger partial charge on any atom is -0.493 e. The van der Waals surface area contributed by atoms with Gasteiger partial charge in [0.2, 0.25) is 0 Å². The minimum absolute atomic E-state index is 0.000169. The third kappa shape index (κ3) is 6.58. The van der Waals surface area contributed by atoms with E-state index in [2.05, 4.69) is 9.62 Å². The van der Waals surface area contributed by atoms with Crippen LogP contribution in [0, 0.1) is 11.8 Å². The molecule has 7 rings (SSSR count). The quantitative estimate of drug-likeness (QED) is 0.449. The number of nitrogens with zero attached hydrogens (tertiary/aromatic N) is 2. The second kappa shape index (κ2) is 13.0. The van der Waals surface area contributed by atoms with E-state index in [1.54, 1.807) is 30.2 Å². The maximum Gasteiger partial charge on any atom is 0.410 e. The van der Waals surface area contributed by atoms with Crippen LogP contribution in [0.25, 0.3) is 0 Å². The number of carbonyl (C=O) groups excluding carboxylic acids is 2. The Morgan fingerprint density at radius 3 is 2.63 bits per heavy atom. The monoisotopic (exact) mass is 715 g/mol. The van der Waals surface area contributed by atoms with Crippen molar-refractivity contribution in [2.24, 2.45) is 11.8 Å². The smallest absolute Gasteiger partial charge is 0.410 e. The number of rotatable bonds is 2. The lowest BCUT2D eigenvalue weighted by atomic mass is 9.69. The first-order valence-corrected chi connectivity index (χ1v) is 18.5. The molecule has 4 heterocycles. The van der Waals surface area contributed by atoms with Crippen molar-refractivity contribution in [1.29, 1.82) is 0 Å². The van der Waals surface area contributed by atoms with E-state index in [1.165, 1.54) is 19.9 Å². The van der Waals surface area contributed by atoms with Crippen molar-refractivity contribution in [3.63, 3.8) is 0 Å². The fourth-order valence-electron chi connectivity index (χ4n) is 7.32. The van der Waals surface area contributed by atoms with E-state index in [9.17, 15) is 18.0 Å². The van der Waals surface area contributed by atoms with Gasteiger partial charge in [0, 0.05) is 36.7 Å². The van der Waals surface area contributed by atoms with E-state index < -0.39 is 39.1 Å². The predicted molar refractivity (Wildman–Crippen MR) is 181 cm³/mol. The highest BCUT2D eigenvalue weighted by Crippen LogP contribution is 2.48. The lowest BCUT2D eigenvalue weighted by Gasteiger charge is -2.46. The molecule has 1 saturated heterocycles. The number of amides is 2. The Morgan fingerprint density at radius 1 is 1.06 bits per heavy atom. The van der Waals surface area contributed by atoms with E-state index in [1.807, 2.05) is 24.3 Å². The highest BCUT2D eigenvalue weighted by atomic mass is 35.5. The SMILES string of the molecule is COC1CN(C(=O)O[C@H]2/C=C/COC(C)(C)C(=O)NS(=O)(=O)c3ccc4c(c3)N(C[C@@H]3CC[C@H]32)C[C@@]2(CCOc3cc(Cl)ccc32)CO4)C1. The van der Waals surface area contributed by atoms with Crippen LogP contribution in [0.5, 0.6) is 11.5 Å². The molecule has 2 bridgehead atoms. The van der Waals surface area contributed by atoms with Crippen molar-refractivity contribution in [3.05, 3.63) is 59.1 Å². The van der Waals surface area contributed by atoms with Gasteiger partial charge in [-0.2, -0.15) is 0 Å². The summed E-state index contributed by atoms with van der Waals surface area (Å²) in [6.07, 6.45) is 5.04. The van der Waals surface area contributed by atoms with Gasteiger partial charge in [0.1, 0.15) is 23.2 Å². The van der Waals surface area contributed by atoms with Gasteiger partial charge < -0.3 is 33.5 Å². The van der Waals surface area contributed by atoms with Crippen LogP contribution in [0.1, 0.15) is 38.7 Å². The molecule has 4 atom stereocenters. The molecule has 4 aliphatic heterocycles. The molecule has 5 aliphatic rings. The zero-order valence-corrected chi connectivity index (χ0v) is 29.4. The van der Waals surface area contributed by atoms with E-state index >= 15 is 0 Å². The molecule has 1 spiro atoms. The van der Waals surface area contributed by atoms with Gasteiger partial charge in [0.05, 0.1) is 55.0 Å². The van der Waals surface area contributed by atoms with E-state index in [0.717, 1.165) is 18.4 Å². The molecule has 12 nitrogen and oxygen atoms in total. The fourth-order valence-corrected chi connectivity index (χ4v) is 8.60. The standard InChI is InChI=1S/C35H42ClN3O9S/c1-34(2)32(40)37-49(42,43)25-8-11-30-28(16-25)39(20-35(21-46-30)12-14-45-31-15-23(36)7-10-27(31)35)17-22-6-9-26(22)29(5-4-13-47-34)48-33(41)38-18-24(19-38)44-3/h4-5,7-8,10-11,15-16,22,24,26,29H,6,9,12-14,17-21H2,1-3H3,(H,37,40)/b5-4+/t22-,26+,29-,35-/m0/s1. The first-order valence-electron chi connectivity index (χ1n) is 16.7. The predicted octanol–water partition coefficient (Wildman–Crippen LogP) is 4.29. The summed E-state index contributed by atoms with van der Waals surface area (Å²) < 4.78 is 59.3. The first-order chi connectivity index (χ1) is 23.4. The van der Waals surface area contributed by atoms with Gasteiger partial charge >= 0.3 is 6.09 Å². The topological polar surface area (TPSA) is 133 Å². The first kappa shape index (κ1) is 34.0. The number of carbonyl (C=O) groups is 2. The molecule has 1 aliphatic carbocycles. The second-order valence-corrected chi connectivity index (χ2v) is 16.2. The number of fused-ring (bicyclic) bond motifs is 4. The number of ether oxygens (including phenoxy) is 5. The Labute approximate surface area is 291 Å². The molecule has 0 aromatic heterocycles. The molecule has 2 aromatic carbocycles. The average Bonchev–Trinajstić information content (AvgIpc) is 3.17. The van der Waals surface area contributed by atoms with Gasteiger partial charge in [-0.25, -0.2) is 17.9 Å². The third-order valence-electron chi connectivity index (χ3n) is 10.6. The van der Waals surface area contributed by atoms with Crippen LogP contribution >= 0.6 is 11.6 Å². The zero-order valence-electron chi connectivity index (χ0n) is 27.9. The number of halogens is 1. The van der Waals surface area contributed by atoms with Crippen LogP contribution in [0.15, 0.2) is 53.4 Å². The molecule has 49 heavy (non-hydrogen) atoms. The molecule has 264 valence electrons. The summed E-state index contributed by atoms with van der Waals surface area (Å²) in [5.41, 5.74) is -0.363. The van der Waals surface area contributed by atoms with Crippen LogP contribution < -0.4 is 19.1 Å². The van der Waals surface area contributed by atoms with Gasteiger partial charge in [0.25, 0.3) is 15.9 Å². The Hall–Kier alpha value is -3.52. The van der Waals surface area contributed by atoms with Crippen LogP contribution in [-0.4, -0.2) is 96.2 Å². The van der Waals surface area contributed by atoms with Gasteiger partial charge in [-0.3, -0.25) is 4.79 Å². The normalized spacial score (nSPS) is 29.8. The van der Waals surface area contributed by atoms with E-state index in [4.69, 9.17) is 35.3 Å². The van der Waals surface area contributed by atoms with Gasteiger partial charge in [-0.1, -0.05) is 23.7 Å². The summed E-state index contributed by atoms with van der Waals surface area (Å²) in [5.74, 6) is 0.556. The van der Waals surface area contributed by atoms with Crippen molar-refractivity contribution < 1.29 is 41.7 Å². The number of hydrogen-bond donors (Lipinski definition) is 1. The Kier molecular flexibility index (Phi) is 9.00. The van der Waals surface area contributed by atoms with Crippen LogP contribution in [0.3, 0.4) is 0 Å². The molecule has 2 aromatic rings. The Bertz CT molecular complexity index is 1760. The van der Waals surface area contributed by atoms with Crippen LogP contribution in [0.2, 0.25) is 5.02 Å². The molecular weight excluding hydrogens is 674 g/mol. The Balaban J connectivity index is 1.27. The molecule has 0 radical (unpaired) electrons. The van der Waals surface area contributed by atoms with Gasteiger partial charge in [-0.05, 0) is 75.4 Å².